The Labute approximate surface area is 158 Å². The van der Waals surface area contributed by atoms with E-state index in [0.29, 0.717) is 18.0 Å². The van der Waals surface area contributed by atoms with Crippen molar-refractivity contribution < 1.29 is 14.2 Å². The molecular formula is C21H23N3O3. The molecule has 0 amide bonds. The van der Waals surface area contributed by atoms with Gasteiger partial charge in [-0.3, -0.25) is 9.67 Å². The molecule has 0 radical (unpaired) electrons. The maximum atomic E-state index is 5.98. The van der Waals surface area contributed by atoms with Crippen molar-refractivity contribution in [2.24, 2.45) is 0 Å². The van der Waals surface area contributed by atoms with Crippen LogP contribution in [0.1, 0.15) is 24.2 Å². The summed E-state index contributed by atoms with van der Waals surface area (Å²) in [5, 5.41) is 4.68. The van der Waals surface area contributed by atoms with Crippen molar-refractivity contribution >= 4 is 0 Å². The zero-order chi connectivity index (χ0) is 18.6. The summed E-state index contributed by atoms with van der Waals surface area (Å²) in [6, 6.07) is 13.9. The van der Waals surface area contributed by atoms with E-state index in [9.17, 15) is 0 Å². The lowest BCUT2D eigenvalue weighted by Crippen LogP contribution is -2.14. The van der Waals surface area contributed by atoms with Gasteiger partial charge in [-0.25, -0.2) is 0 Å². The third-order valence-corrected chi connectivity index (χ3v) is 4.52. The van der Waals surface area contributed by atoms with E-state index < -0.39 is 0 Å². The zero-order valence-electron chi connectivity index (χ0n) is 15.6. The van der Waals surface area contributed by atoms with E-state index in [2.05, 4.69) is 10.1 Å². The lowest BCUT2D eigenvalue weighted by molar-refractivity contribution is -0.0402. The highest BCUT2D eigenvalue weighted by molar-refractivity contribution is 5.63. The van der Waals surface area contributed by atoms with Gasteiger partial charge in [0.15, 0.2) is 17.8 Å². The summed E-state index contributed by atoms with van der Waals surface area (Å²) in [7, 11) is 1.64. The Balaban J connectivity index is 1.55. The normalized spacial score (nSPS) is 16.4. The Bertz CT molecular complexity index is 917. The molecule has 3 heterocycles. The average Bonchev–Trinajstić information content (AvgIpc) is 3.34. The quantitative estimate of drug-likeness (QED) is 0.664. The maximum Gasteiger partial charge on any atom is 0.200 e. The molecule has 0 unspecified atom stereocenters. The summed E-state index contributed by atoms with van der Waals surface area (Å²) < 4.78 is 18.9. The van der Waals surface area contributed by atoms with Gasteiger partial charge < -0.3 is 14.2 Å². The molecule has 4 rings (SSSR count). The van der Waals surface area contributed by atoms with Crippen LogP contribution in [-0.4, -0.2) is 34.8 Å². The molecule has 0 spiro atoms. The number of nitrogens with zero attached hydrogens (tertiary/aromatic N) is 3. The number of benzene rings is 1. The molecule has 1 aliphatic heterocycles. The molecule has 0 aliphatic carbocycles. The van der Waals surface area contributed by atoms with Gasteiger partial charge >= 0.3 is 0 Å². The minimum Gasteiger partial charge on any atom is -0.493 e. The highest BCUT2D eigenvalue weighted by atomic mass is 16.7. The molecule has 3 aromatic rings. The number of rotatable bonds is 6. The molecule has 1 aromatic carbocycles. The van der Waals surface area contributed by atoms with E-state index in [0.717, 1.165) is 42.1 Å². The van der Waals surface area contributed by atoms with Gasteiger partial charge in [0, 0.05) is 23.9 Å². The Morgan fingerprint density at radius 2 is 2.11 bits per heavy atom. The third-order valence-electron chi connectivity index (χ3n) is 4.52. The summed E-state index contributed by atoms with van der Waals surface area (Å²) in [5.74, 6) is 1.37. The summed E-state index contributed by atoms with van der Waals surface area (Å²) in [6.07, 6.45) is 3.67. The second kappa shape index (κ2) is 7.80. The SMILES string of the molecule is COc1ccc(-c2ccn(Cc3cccc(C)n3)n2)cc1O[C@H]1CCCO1. The highest BCUT2D eigenvalue weighted by Gasteiger charge is 2.19. The number of methoxy groups -OCH3 is 1. The van der Waals surface area contributed by atoms with Crippen LogP contribution in [0.25, 0.3) is 11.3 Å². The van der Waals surface area contributed by atoms with Gasteiger partial charge in [-0.05, 0) is 49.7 Å². The first-order valence-corrected chi connectivity index (χ1v) is 9.14. The standard InChI is InChI=1S/C21H23N3O3/c1-15-5-3-6-17(22-15)14-24-11-10-18(23-24)16-8-9-19(25-2)20(13-16)27-21-7-4-12-26-21/h3,5-6,8-11,13,21H,4,7,12,14H2,1-2H3/t21-/m0/s1. The van der Waals surface area contributed by atoms with Gasteiger partial charge in [0.1, 0.15) is 0 Å². The molecule has 1 fully saturated rings. The van der Waals surface area contributed by atoms with Crippen molar-refractivity contribution in [3.8, 4) is 22.8 Å². The predicted molar refractivity (Wildman–Crippen MR) is 102 cm³/mol. The number of hydrogen-bond donors (Lipinski definition) is 0. The number of pyridine rings is 1. The molecule has 1 atom stereocenters. The first kappa shape index (κ1) is 17.5. The molecule has 0 saturated carbocycles. The van der Waals surface area contributed by atoms with Gasteiger partial charge in [-0.1, -0.05) is 6.07 Å². The Morgan fingerprint density at radius 1 is 1.19 bits per heavy atom. The summed E-state index contributed by atoms with van der Waals surface area (Å²) in [5.41, 5.74) is 3.84. The Kier molecular flexibility index (Phi) is 5.07. The van der Waals surface area contributed by atoms with Crippen molar-refractivity contribution in [3.63, 3.8) is 0 Å². The van der Waals surface area contributed by atoms with Gasteiger partial charge in [0.2, 0.25) is 0 Å². The molecule has 6 heteroatoms. The van der Waals surface area contributed by atoms with Gasteiger partial charge in [0.25, 0.3) is 0 Å². The molecule has 0 N–H and O–H groups in total. The molecule has 1 saturated heterocycles. The van der Waals surface area contributed by atoms with Crippen LogP contribution in [0.15, 0.2) is 48.7 Å². The molecule has 6 nitrogen and oxygen atoms in total. The zero-order valence-corrected chi connectivity index (χ0v) is 15.6. The van der Waals surface area contributed by atoms with Crippen molar-refractivity contribution in [2.45, 2.75) is 32.6 Å². The molecule has 0 bridgehead atoms. The fourth-order valence-corrected chi connectivity index (χ4v) is 3.17. The summed E-state index contributed by atoms with van der Waals surface area (Å²) in [4.78, 5) is 4.53. The minimum absolute atomic E-state index is 0.209. The van der Waals surface area contributed by atoms with E-state index in [1.54, 1.807) is 7.11 Å². The second-order valence-corrected chi connectivity index (χ2v) is 6.59. The van der Waals surface area contributed by atoms with Gasteiger partial charge in [-0.2, -0.15) is 5.10 Å². The largest absolute Gasteiger partial charge is 0.493 e. The van der Waals surface area contributed by atoms with Crippen LogP contribution in [0, 0.1) is 6.92 Å². The maximum absolute atomic E-state index is 5.98. The van der Waals surface area contributed by atoms with Crippen molar-refractivity contribution in [2.75, 3.05) is 13.7 Å². The smallest absolute Gasteiger partial charge is 0.200 e. The van der Waals surface area contributed by atoms with Crippen LogP contribution >= 0.6 is 0 Å². The summed E-state index contributed by atoms with van der Waals surface area (Å²) >= 11 is 0. The fourth-order valence-electron chi connectivity index (χ4n) is 3.17. The van der Waals surface area contributed by atoms with Gasteiger partial charge in [0.05, 0.1) is 31.6 Å². The third kappa shape index (κ3) is 4.11. The fraction of sp³-hybridized carbons (Fsp3) is 0.333. The second-order valence-electron chi connectivity index (χ2n) is 6.59. The van der Waals surface area contributed by atoms with E-state index in [4.69, 9.17) is 14.2 Å². The van der Waals surface area contributed by atoms with Crippen LogP contribution in [-0.2, 0) is 11.3 Å². The van der Waals surface area contributed by atoms with E-state index in [1.807, 2.05) is 60.3 Å². The topological polar surface area (TPSA) is 58.4 Å². The molecule has 140 valence electrons. The monoisotopic (exact) mass is 365 g/mol. The number of aryl methyl sites for hydroxylation is 1. The molecular weight excluding hydrogens is 342 g/mol. The van der Waals surface area contributed by atoms with Crippen LogP contribution in [0.4, 0.5) is 0 Å². The van der Waals surface area contributed by atoms with Gasteiger partial charge in [-0.15, -0.1) is 0 Å². The van der Waals surface area contributed by atoms with Crippen LogP contribution < -0.4 is 9.47 Å². The van der Waals surface area contributed by atoms with Crippen LogP contribution in [0.3, 0.4) is 0 Å². The highest BCUT2D eigenvalue weighted by Crippen LogP contribution is 2.34. The minimum atomic E-state index is -0.209. The first-order chi connectivity index (χ1) is 13.2. The van der Waals surface area contributed by atoms with Crippen LogP contribution in [0.2, 0.25) is 0 Å². The predicted octanol–water partition coefficient (Wildman–Crippen LogP) is 3.83. The Hall–Kier alpha value is -2.86. The summed E-state index contributed by atoms with van der Waals surface area (Å²) in [6.45, 7) is 3.37. The average molecular weight is 365 g/mol. The number of ether oxygens (including phenoxy) is 3. The lowest BCUT2D eigenvalue weighted by atomic mass is 10.1. The van der Waals surface area contributed by atoms with Crippen molar-refractivity contribution in [3.05, 3.63) is 60.0 Å². The van der Waals surface area contributed by atoms with E-state index in [1.165, 1.54) is 0 Å². The van der Waals surface area contributed by atoms with Crippen LogP contribution in [0.5, 0.6) is 11.5 Å². The van der Waals surface area contributed by atoms with Crippen molar-refractivity contribution in [1.29, 1.82) is 0 Å². The molecule has 2 aromatic heterocycles. The molecule has 1 aliphatic rings. The molecule has 27 heavy (non-hydrogen) atoms. The first-order valence-electron chi connectivity index (χ1n) is 9.14. The lowest BCUT2D eigenvalue weighted by Gasteiger charge is -2.16. The Morgan fingerprint density at radius 3 is 2.89 bits per heavy atom. The number of hydrogen-bond acceptors (Lipinski definition) is 5. The number of aromatic nitrogens is 3. The van der Waals surface area contributed by atoms with E-state index in [-0.39, 0.29) is 6.29 Å². The van der Waals surface area contributed by atoms with E-state index >= 15 is 0 Å². The van der Waals surface area contributed by atoms with Crippen molar-refractivity contribution in [1.82, 2.24) is 14.8 Å².